The second-order valence-electron chi connectivity index (χ2n) is 6.91. The average molecular weight is 280 g/mol. The molecule has 2 aromatic rings. The standard InChI is InChI=1S/C19H24N2/c1-3-6-14-9-13-10-15(11-13)18(14)12(2)19-20-16-7-4-5-8-17(16)21-19/h4-5,7-8,12-13,15H,3,6,9-11H2,1-2H3,(H,20,21). The molecule has 1 heterocycles. The summed E-state index contributed by atoms with van der Waals surface area (Å²) in [5, 5.41) is 0. The molecule has 1 unspecified atom stereocenters. The van der Waals surface area contributed by atoms with E-state index >= 15 is 0 Å². The van der Waals surface area contributed by atoms with Crippen LogP contribution in [0.1, 0.15) is 57.7 Å². The number of fused-ring (bicyclic) bond motifs is 2. The van der Waals surface area contributed by atoms with E-state index in [-0.39, 0.29) is 0 Å². The fourth-order valence-corrected chi connectivity index (χ4v) is 4.44. The molecule has 21 heavy (non-hydrogen) atoms. The molecule has 1 saturated carbocycles. The molecule has 1 fully saturated rings. The third-order valence-electron chi connectivity index (χ3n) is 5.45. The molecule has 3 aliphatic rings. The molecule has 1 aromatic heterocycles. The number of imidazole rings is 1. The first kappa shape index (κ1) is 13.1. The fraction of sp³-hybridized carbons (Fsp3) is 0.526. The van der Waals surface area contributed by atoms with Crippen molar-refractivity contribution in [2.45, 2.75) is 51.9 Å². The third-order valence-corrected chi connectivity index (χ3v) is 5.45. The lowest BCUT2D eigenvalue weighted by Gasteiger charge is -2.46. The zero-order valence-electron chi connectivity index (χ0n) is 13.0. The van der Waals surface area contributed by atoms with Crippen LogP contribution in [0.4, 0.5) is 0 Å². The van der Waals surface area contributed by atoms with Gasteiger partial charge in [0.2, 0.25) is 0 Å². The molecule has 1 aromatic carbocycles. The van der Waals surface area contributed by atoms with Crippen LogP contribution in [0.2, 0.25) is 0 Å². The number of aromatic nitrogens is 2. The molecule has 1 N–H and O–H groups in total. The normalized spacial score (nSPS) is 26.0. The number of nitrogens with one attached hydrogen (secondary N) is 1. The summed E-state index contributed by atoms with van der Waals surface area (Å²) in [5.41, 5.74) is 5.73. The second-order valence-corrected chi connectivity index (χ2v) is 6.91. The molecule has 0 aliphatic heterocycles. The van der Waals surface area contributed by atoms with Crippen LogP contribution in [0.15, 0.2) is 35.4 Å². The number of benzene rings is 1. The number of aromatic amines is 1. The molecule has 2 bridgehead atoms. The van der Waals surface area contributed by atoms with Crippen molar-refractivity contribution >= 4 is 11.0 Å². The molecule has 3 aliphatic carbocycles. The minimum Gasteiger partial charge on any atom is -0.341 e. The van der Waals surface area contributed by atoms with Gasteiger partial charge in [0.15, 0.2) is 0 Å². The Balaban J connectivity index is 1.73. The van der Waals surface area contributed by atoms with Gasteiger partial charge in [0.05, 0.1) is 11.0 Å². The second kappa shape index (κ2) is 5.01. The van der Waals surface area contributed by atoms with E-state index in [1.807, 2.05) is 0 Å². The van der Waals surface area contributed by atoms with Crippen LogP contribution in [0.5, 0.6) is 0 Å². The average Bonchev–Trinajstić information content (AvgIpc) is 2.89. The molecule has 2 heteroatoms. The molecule has 0 radical (unpaired) electrons. The van der Waals surface area contributed by atoms with Crippen LogP contribution in [-0.4, -0.2) is 9.97 Å². The molecule has 5 rings (SSSR count). The Morgan fingerprint density at radius 3 is 2.86 bits per heavy atom. The molecule has 0 spiro atoms. The number of nitrogens with zero attached hydrogens (tertiary/aromatic N) is 1. The van der Waals surface area contributed by atoms with Crippen molar-refractivity contribution in [3.63, 3.8) is 0 Å². The first-order valence-electron chi connectivity index (χ1n) is 8.42. The molecule has 0 saturated heterocycles. The van der Waals surface area contributed by atoms with Crippen molar-refractivity contribution < 1.29 is 0 Å². The van der Waals surface area contributed by atoms with E-state index < -0.39 is 0 Å². The molecular weight excluding hydrogens is 256 g/mol. The van der Waals surface area contributed by atoms with Gasteiger partial charge in [0, 0.05) is 5.92 Å². The van der Waals surface area contributed by atoms with Crippen molar-refractivity contribution in [2.24, 2.45) is 11.8 Å². The van der Waals surface area contributed by atoms with Crippen LogP contribution >= 0.6 is 0 Å². The molecule has 0 amide bonds. The summed E-state index contributed by atoms with van der Waals surface area (Å²) in [6, 6.07) is 8.37. The Morgan fingerprint density at radius 2 is 2.10 bits per heavy atom. The highest BCUT2D eigenvalue weighted by atomic mass is 14.9. The van der Waals surface area contributed by atoms with Gasteiger partial charge in [-0.2, -0.15) is 0 Å². The Morgan fingerprint density at radius 1 is 1.29 bits per heavy atom. The monoisotopic (exact) mass is 280 g/mol. The van der Waals surface area contributed by atoms with E-state index in [1.165, 1.54) is 37.6 Å². The van der Waals surface area contributed by atoms with Gasteiger partial charge in [0.1, 0.15) is 5.82 Å². The van der Waals surface area contributed by atoms with Gasteiger partial charge in [-0.1, -0.05) is 43.5 Å². The number of hydrogen-bond acceptors (Lipinski definition) is 1. The largest absolute Gasteiger partial charge is 0.341 e. The Kier molecular flexibility index (Phi) is 3.13. The lowest BCUT2D eigenvalue weighted by molar-refractivity contribution is 0.190. The summed E-state index contributed by atoms with van der Waals surface area (Å²) >= 11 is 0. The number of para-hydroxylation sites is 2. The van der Waals surface area contributed by atoms with Crippen molar-refractivity contribution in [1.82, 2.24) is 9.97 Å². The lowest BCUT2D eigenvalue weighted by atomic mass is 9.59. The highest BCUT2D eigenvalue weighted by molar-refractivity contribution is 5.75. The molecule has 1 atom stereocenters. The third kappa shape index (κ3) is 2.12. The van der Waals surface area contributed by atoms with Crippen molar-refractivity contribution in [3.05, 3.63) is 41.2 Å². The van der Waals surface area contributed by atoms with Crippen LogP contribution in [0.25, 0.3) is 11.0 Å². The van der Waals surface area contributed by atoms with Gasteiger partial charge in [-0.25, -0.2) is 4.98 Å². The van der Waals surface area contributed by atoms with Crippen LogP contribution < -0.4 is 0 Å². The Bertz CT molecular complexity index is 655. The summed E-state index contributed by atoms with van der Waals surface area (Å²) < 4.78 is 0. The van der Waals surface area contributed by atoms with Crippen LogP contribution in [0, 0.1) is 11.8 Å². The SMILES string of the molecule is CCCC1=C(C(C)c2nc3ccccc3[nH]2)C2CC(C1)C2. The smallest absolute Gasteiger partial charge is 0.114 e. The lowest BCUT2D eigenvalue weighted by Crippen LogP contribution is -2.33. The van der Waals surface area contributed by atoms with E-state index in [0.29, 0.717) is 5.92 Å². The maximum absolute atomic E-state index is 4.84. The van der Waals surface area contributed by atoms with Crippen LogP contribution in [-0.2, 0) is 0 Å². The minimum atomic E-state index is 0.449. The summed E-state index contributed by atoms with van der Waals surface area (Å²) in [4.78, 5) is 8.39. The topological polar surface area (TPSA) is 28.7 Å². The zero-order valence-corrected chi connectivity index (χ0v) is 13.0. The van der Waals surface area contributed by atoms with Gasteiger partial charge >= 0.3 is 0 Å². The Hall–Kier alpha value is -1.57. The zero-order chi connectivity index (χ0) is 14.4. The van der Waals surface area contributed by atoms with E-state index in [0.717, 1.165) is 23.2 Å². The highest BCUT2D eigenvalue weighted by Crippen LogP contribution is 2.53. The van der Waals surface area contributed by atoms with E-state index in [4.69, 9.17) is 4.98 Å². The van der Waals surface area contributed by atoms with Crippen molar-refractivity contribution in [1.29, 1.82) is 0 Å². The van der Waals surface area contributed by atoms with Gasteiger partial charge in [0.25, 0.3) is 0 Å². The van der Waals surface area contributed by atoms with Gasteiger partial charge in [-0.05, 0) is 49.7 Å². The van der Waals surface area contributed by atoms with Gasteiger partial charge in [-0.3, -0.25) is 0 Å². The summed E-state index contributed by atoms with van der Waals surface area (Å²) in [6.07, 6.45) is 6.75. The van der Waals surface area contributed by atoms with E-state index in [1.54, 1.807) is 11.1 Å². The Labute approximate surface area is 126 Å². The van der Waals surface area contributed by atoms with Crippen molar-refractivity contribution in [2.75, 3.05) is 0 Å². The number of allylic oxidation sites excluding steroid dienone is 2. The minimum absolute atomic E-state index is 0.449. The summed E-state index contributed by atoms with van der Waals surface area (Å²) in [7, 11) is 0. The number of hydrogen-bond donors (Lipinski definition) is 1. The summed E-state index contributed by atoms with van der Waals surface area (Å²) in [5.74, 6) is 3.44. The first-order valence-corrected chi connectivity index (χ1v) is 8.42. The van der Waals surface area contributed by atoms with Gasteiger partial charge < -0.3 is 4.98 Å². The van der Waals surface area contributed by atoms with E-state index in [9.17, 15) is 0 Å². The highest BCUT2D eigenvalue weighted by Gasteiger charge is 2.40. The van der Waals surface area contributed by atoms with E-state index in [2.05, 4.69) is 43.1 Å². The quantitative estimate of drug-likeness (QED) is 0.767. The maximum Gasteiger partial charge on any atom is 0.114 e. The molecule has 2 nitrogen and oxygen atoms in total. The summed E-state index contributed by atoms with van der Waals surface area (Å²) in [6.45, 7) is 4.65. The number of rotatable bonds is 4. The predicted octanol–water partition coefficient (Wildman–Crippen LogP) is 5.19. The number of H-pyrrole nitrogens is 1. The maximum atomic E-state index is 4.84. The molecule has 110 valence electrons. The predicted molar refractivity (Wildman–Crippen MR) is 87.3 cm³/mol. The van der Waals surface area contributed by atoms with Crippen LogP contribution in [0.3, 0.4) is 0 Å². The van der Waals surface area contributed by atoms with Crippen molar-refractivity contribution in [3.8, 4) is 0 Å². The fourth-order valence-electron chi connectivity index (χ4n) is 4.44. The molecular formula is C19H24N2. The first-order chi connectivity index (χ1) is 10.3. The van der Waals surface area contributed by atoms with Gasteiger partial charge in [-0.15, -0.1) is 0 Å².